The van der Waals surface area contributed by atoms with Crippen LogP contribution >= 0.6 is 15.9 Å². The molecule has 0 fully saturated rings. The summed E-state index contributed by atoms with van der Waals surface area (Å²) in [5.74, 6) is 0. The van der Waals surface area contributed by atoms with E-state index in [1.165, 1.54) is 5.56 Å². The number of benzene rings is 2. The summed E-state index contributed by atoms with van der Waals surface area (Å²) in [6.45, 7) is 0. The number of hydrogen-bond donors (Lipinski definition) is 1. The van der Waals surface area contributed by atoms with Crippen molar-refractivity contribution in [2.45, 2.75) is 6.04 Å². The minimum absolute atomic E-state index is 0.170. The third kappa shape index (κ3) is 2.74. The topological polar surface area (TPSA) is 29.3 Å². The van der Waals surface area contributed by atoms with Crippen LogP contribution in [0, 0.1) is 0 Å². The first kappa shape index (κ1) is 13.1. The van der Waals surface area contributed by atoms with Gasteiger partial charge < -0.3 is 5.73 Å². The lowest BCUT2D eigenvalue weighted by Crippen LogP contribution is -2.22. The van der Waals surface area contributed by atoms with Crippen LogP contribution in [0.3, 0.4) is 0 Å². The van der Waals surface area contributed by atoms with E-state index in [9.17, 15) is 0 Å². The first-order valence-electron chi connectivity index (χ1n) is 5.86. The molecule has 0 aliphatic carbocycles. The molecular formula is C15H17BrN2. The van der Waals surface area contributed by atoms with E-state index >= 15 is 0 Å². The number of nitrogens with two attached hydrogens (primary N) is 1. The lowest BCUT2D eigenvalue weighted by molar-refractivity contribution is 0.343. The Morgan fingerprint density at radius 3 is 2.33 bits per heavy atom. The van der Waals surface area contributed by atoms with Gasteiger partial charge in [0.25, 0.3) is 0 Å². The van der Waals surface area contributed by atoms with Gasteiger partial charge in [-0.15, -0.1) is 0 Å². The Morgan fingerprint density at radius 1 is 1.06 bits per heavy atom. The van der Waals surface area contributed by atoms with Gasteiger partial charge in [-0.3, -0.25) is 4.90 Å². The Hall–Kier alpha value is -1.32. The van der Waals surface area contributed by atoms with Crippen LogP contribution in [0.25, 0.3) is 0 Å². The predicted molar refractivity (Wildman–Crippen MR) is 80.5 cm³/mol. The molecule has 0 aromatic heterocycles. The molecule has 3 heteroatoms. The second-order valence-electron chi connectivity index (χ2n) is 4.55. The first-order valence-corrected chi connectivity index (χ1v) is 6.65. The van der Waals surface area contributed by atoms with E-state index in [2.05, 4.69) is 65.3 Å². The van der Waals surface area contributed by atoms with Crippen molar-refractivity contribution in [2.75, 3.05) is 19.8 Å². The third-order valence-corrected chi connectivity index (χ3v) is 3.47. The van der Waals surface area contributed by atoms with Gasteiger partial charge in [0.05, 0.1) is 6.04 Å². The first-order chi connectivity index (χ1) is 8.59. The van der Waals surface area contributed by atoms with E-state index < -0.39 is 0 Å². The molecule has 2 aromatic carbocycles. The van der Waals surface area contributed by atoms with Gasteiger partial charge in [0.15, 0.2) is 0 Å². The van der Waals surface area contributed by atoms with Crippen molar-refractivity contribution in [1.82, 2.24) is 4.90 Å². The van der Waals surface area contributed by atoms with E-state index in [-0.39, 0.29) is 6.04 Å². The van der Waals surface area contributed by atoms with Crippen LogP contribution in [0.5, 0.6) is 0 Å². The maximum atomic E-state index is 6.12. The van der Waals surface area contributed by atoms with Crippen LogP contribution in [0.4, 0.5) is 5.69 Å². The molecule has 94 valence electrons. The van der Waals surface area contributed by atoms with Crippen molar-refractivity contribution < 1.29 is 0 Å². The average molecular weight is 305 g/mol. The summed E-state index contributed by atoms with van der Waals surface area (Å²) >= 11 is 3.51. The summed E-state index contributed by atoms with van der Waals surface area (Å²) in [6, 6.07) is 16.6. The zero-order valence-electron chi connectivity index (χ0n) is 10.6. The maximum Gasteiger partial charge on any atom is 0.0617 e. The Labute approximate surface area is 117 Å². The normalized spacial score (nSPS) is 12.7. The second kappa shape index (κ2) is 5.55. The van der Waals surface area contributed by atoms with E-state index in [0.29, 0.717) is 0 Å². The number of anilines is 1. The average Bonchev–Trinajstić information content (AvgIpc) is 2.35. The fourth-order valence-corrected chi connectivity index (χ4v) is 2.55. The molecule has 0 saturated heterocycles. The summed E-state index contributed by atoms with van der Waals surface area (Å²) in [5, 5.41) is 0. The summed E-state index contributed by atoms with van der Waals surface area (Å²) < 4.78 is 1.05. The number of rotatable bonds is 3. The Morgan fingerprint density at radius 2 is 1.72 bits per heavy atom. The molecule has 1 atom stereocenters. The summed E-state index contributed by atoms with van der Waals surface area (Å²) in [5.41, 5.74) is 9.31. The van der Waals surface area contributed by atoms with Gasteiger partial charge >= 0.3 is 0 Å². The zero-order chi connectivity index (χ0) is 13.1. The maximum absolute atomic E-state index is 6.12. The standard InChI is InChI=1S/C15H17BrN2/c1-18(2)15(11-6-4-3-5-7-11)13-10-12(16)8-9-14(13)17/h3-10,15H,17H2,1-2H3. The molecule has 0 aliphatic rings. The molecule has 0 saturated carbocycles. The molecule has 2 aromatic rings. The smallest absolute Gasteiger partial charge is 0.0617 e. The van der Waals surface area contributed by atoms with Gasteiger partial charge in [0.2, 0.25) is 0 Å². The van der Waals surface area contributed by atoms with Crippen LogP contribution in [0.2, 0.25) is 0 Å². The quantitative estimate of drug-likeness (QED) is 0.877. The van der Waals surface area contributed by atoms with Crippen LogP contribution in [0.15, 0.2) is 53.0 Å². The van der Waals surface area contributed by atoms with Crippen molar-refractivity contribution in [1.29, 1.82) is 0 Å². The Balaban J connectivity index is 2.52. The van der Waals surface area contributed by atoms with Crippen LogP contribution < -0.4 is 5.73 Å². The van der Waals surface area contributed by atoms with E-state index in [1.807, 2.05) is 18.2 Å². The van der Waals surface area contributed by atoms with Crippen LogP contribution in [-0.2, 0) is 0 Å². The van der Waals surface area contributed by atoms with Gasteiger partial charge in [-0.25, -0.2) is 0 Å². The molecule has 2 N–H and O–H groups in total. The molecular weight excluding hydrogens is 288 g/mol. The van der Waals surface area contributed by atoms with Gasteiger partial charge in [-0.05, 0) is 43.4 Å². The molecule has 0 radical (unpaired) electrons. The fraction of sp³-hybridized carbons (Fsp3) is 0.200. The Bertz CT molecular complexity index is 523. The number of nitrogens with zero attached hydrogens (tertiary/aromatic N) is 1. The lowest BCUT2D eigenvalue weighted by atomic mass is 9.96. The van der Waals surface area contributed by atoms with Crippen LogP contribution in [-0.4, -0.2) is 19.0 Å². The highest BCUT2D eigenvalue weighted by molar-refractivity contribution is 9.10. The predicted octanol–water partition coefficient (Wildman–Crippen LogP) is 3.68. The highest BCUT2D eigenvalue weighted by Gasteiger charge is 2.18. The summed E-state index contributed by atoms with van der Waals surface area (Å²) in [4.78, 5) is 2.17. The molecule has 1 unspecified atom stereocenters. The van der Waals surface area contributed by atoms with Crippen molar-refractivity contribution >= 4 is 21.6 Å². The molecule has 2 nitrogen and oxygen atoms in total. The fourth-order valence-electron chi connectivity index (χ4n) is 2.17. The van der Waals surface area contributed by atoms with E-state index in [4.69, 9.17) is 5.73 Å². The molecule has 0 bridgehead atoms. The van der Waals surface area contributed by atoms with E-state index in [1.54, 1.807) is 0 Å². The highest BCUT2D eigenvalue weighted by atomic mass is 79.9. The molecule has 0 amide bonds. The van der Waals surface area contributed by atoms with Crippen molar-refractivity contribution in [3.63, 3.8) is 0 Å². The van der Waals surface area contributed by atoms with Gasteiger partial charge in [0, 0.05) is 10.2 Å². The molecule has 0 aliphatic heterocycles. The largest absolute Gasteiger partial charge is 0.398 e. The number of hydrogen-bond acceptors (Lipinski definition) is 2. The minimum Gasteiger partial charge on any atom is -0.398 e. The molecule has 0 spiro atoms. The third-order valence-electron chi connectivity index (χ3n) is 2.98. The summed E-state index contributed by atoms with van der Waals surface area (Å²) in [6.07, 6.45) is 0. The van der Waals surface area contributed by atoms with Gasteiger partial charge in [-0.1, -0.05) is 46.3 Å². The minimum atomic E-state index is 0.170. The Kier molecular flexibility index (Phi) is 4.04. The van der Waals surface area contributed by atoms with Gasteiger partial charge in [0.1, 0.15) is 0 Å². The van der Waals surface area contributed by atoms with Crippen molar-refractivity contribution in [3.8, 4) is 0 Å². The molecule has 0 heterocycles. The lowest BCUT2D eigenvalue weighted by Gasteiger charge is -2.26. The number of halogens is 1. The van der Waals surface area contributed by atoms with Crippen molar-refractivity contribution in [3.05, 3.63) is 64.1 Å². The number of nitrogen functional groups attached to an aromatic ring is 1. The zero-order valence-corrected chi connectivity index (χ0v) is 12.2. The highest BCUT2D eigenvalue weighted by Crippen LogP contribution is 2.32. The molecule has 18 heavy (non-hydrogen) atoms. The molecule has 2 rings (SSSR count). The van der Waals surface area contributed by atoms with Crippen molar-refractivity contribution in [2.24, 2.45) is 0 Å². The monoisotopic (exact) mass is 304 g/mol. The van der Waals surface area contributed by atoms with E-state index in [0.717, 1.165) is 15.7 Å². The van der Waals surface area contributed by atoms with Gasteiger partial charge in [-0.2, -0.15) is 0 Å². The SMILES string of the molecule is CN(C)C(c1ccccc1)c1cc(Br)ccc1N. The summed E-state index contributed by atoms with van der Waals surface area (Å²) in [7, 11) is 4.13. The second-order valence-corrected chi connectivity index (χ2v) is 5.47. The van der Waals surface area contributed by atoms with Crippen LogP contribution in [0.1, 0.15) is 17.2 Å².